The number of nitrogens with zero attached hydrogens (tertiary/aromatic N) is 7. The Morgan fingerprint density at radius 2 is 0.660 bits per heavy atom. The van der Waals surface area contributed by atoms with Crippen LogP contribution in [0.15, 0.2) is 229 Å². The number of Topliss-reactive ketones (excluding diaryl/α,β-unsaturated/α-hetero) is 3. The van der Waals surface area contributed by atoms with Gasteiger partial charge in [-0.05, 0) is 175 Å². The predicted molar refractivity (Wildman–Crippen MR) is 501 cm³/mol. The lowest BCUT2D eigenvalue weighted by Gasteiger charge is -2.15. The van der Waals surface area contributed by atoms with Crippen LogP contribution in [-0.4, -0.2) is 101 Å². The Bertz CT molecular complexity index is 6430. The summed E-state index contributed by atoms with van der Waals surface area (Å²) in [6.07, 6.45) is 2.14. The molecule has 1 N–H and O–H groups in total. The molecule has 0 bridgehead atoms. The molecule has 0 saturated carbocycles. The highest BCUT2D eigenvalue weighted by molar-refractivity contribution is 6.48. The van der Waals surface area contributed by atoms with Gasteiger partial charge in [0.15, 0.2) is 10.9 Å². The lowest BCUT2D eigenvalue weighted by molar-refractivity contribution is -0.193. The standard InChI is InChI=1S/C25H29F3N2.C24H27F3N2.C17H12F3NO.C16H10ClF3N2.C11H12O3.C9H8O3.4CO2/c1-3-4-5-6-7-8-9-10-22-24(19-12-14-20(15-13-19)25(26,27)28)30-21-16-11-18(2)17-23(21)29-22;1-2-3-4-5-6-7-8-13-22-23(29-21-12-10-9-11-20(21)28-22)18-14-16-19(17-15-18)24(25,26)27;1-10-2-7-14-12(8-10)9-15(22)16(21-14)11-3-5-13(6-4-11)17(18,19)20;1-9-2-7-12-13(8-9)22-15(17)14(21-12)10-3-5-11(6-4-10)16(18,19)20;1-3-14-11(13)10(12)9-6-4-8(2)5-7-9;1-6-2-4-7(5-3-6)8(10)9(11)12;4*2-1-3/h11-17H,3-10H2,1-2H3;9-12,14-17H,2-8,13H2,1H3;2-8H,9H2,1H3;2-8H,1H3;4-7H,3H2,1-2H3;2-5H,1H3,(H,11,12);;;;. The van der Waals surface area contributed by atoms with E-state index < -0.39 is 70.5 Å². The Morgan fingerprint density at radius 1 is 0.355 bits per heavy atom. The zero-order valence-corrected chi connectivity index (χ0v) is 78.6. The van der Waals surface area contributed by atoms with Crippen molar-refractivity contribution in [3.05, 3.63) is 313 Å². The minimum Gasteiger partial charge on any atom is -0.475 e. The molecule has 0 spiro atoms. The Hall–Kier alpha value is -15.2. The van der Waals surface area contributed by atoms with E-state index in [1.54, 1.807) is 43.3 Å². The number of carbonyl (C=O) groups is 5. The quantitative estimate of drug-likeness (QED) is 0.0183. The molecular formula is C106H98ClF12N7O15. The highest BCUT2D eigenvalue weighted by atomic mass is 35.5. The van der Waals surface area contributed by atoms with Gasteiger partial charge in [0, 0.05) is 39.8 Å². The van der Waals surface area contributed by atoms with Gasteiger partial charge in [-0.2, -0.15) is 91.0 Å². The van der Waals surface area contributed by atoms with Crippen LogP contribution >= 0.6 is 11.6 Å². The SMILES string of the molecule is CCCCCCCCCc1nc2cc(C)ccc2nc1-c1ccc(C(F)(F)F)cc1.CCCCCCCCCc1nc2ccccc2nc1-c1ccc(C(F)(F)F)cc1.CCOC(=O)C(=O)c1ccc(C)cc1.Cc1ccc(C(=O)C(=O)O)cc1.Cc1ccc2c(c1)CC(=O)C(c1ccc(C(F)(F)F)cc1)=N2.Cc1ccc2nc(-c3ccc(C(F)(F)F)cc3)c(Cl)nc2c1.O=C=O.O=C=O.O=C=O.O=C=O. The number of ketones is 3. The molecule has 22 nitrogen and oxygen atoms in total. The highest BCUT2D eigenvalue weighted by Gasteiger charge is 2.34. The number of unbranched alkanes of at least 4 members (excludes halogenated alkanes) is 12. The smallest absolute Gasteiger partial charge is 0.416 e. The molecule has 738 valence electrons. The number of hydrogen-bond donors (Lipinski definition) is 1. The maximum absolute atomic E-state index is 12.9. The fourth-order valence-corrected chi connectivity index (χ4v) is 13.9. The van der Waals surface area contributed by atoms with Gasteiger partial charge in [0.1, 0.15) is 11.4 Å². The van der Waals surface area contributed by atoms with E-state index in [1.165, 1.54) is 125 Å². The van der Waals surface area contributed by atoms with Gasteiger partial charge in [0.05, 0.1) is 90.4 Å². The van der Waals surface area contributed by atoms with Crippen molar-refractivity contribution >= 4 is 110 Å². The second kappa shape index (κ2) is 58.5. The van der Waals surface area contributed by atoms with Gasteiger partial charge in [0.25, 0.3) is 11.6 Å². The molecule has 0 radical (unpaired) electrons. The third kappa shape index (κ3) is 39.0. The number of benzene rings is 10. The van der Waals surface area contributed by atoms with Crippen LogP contribution in [0.5, 0.6) is 0 Å². The lowest BCUT2D eigenvalue weighted by atomic mass is 9.94. The summed E-state index contributed by atoms with van der Waals surface area (Å²) in [6.45, 7) is 16.0. The summed E-state index contributed by atoms with van der Waals surface area (Å²) in [5, 5.41) is 8.52. The number of aliphatic carboxylic acids is 1. The third-order valence-electron chi connectivity index (χ3n) is 20.7. The second-order valence-electron chi connectivity index (χ2n) is 31.4. The van der Waals surface area contributed by atoms with E-state index in [9.17, 15) is 76.7 Å². The summed E-state index contributed by atoms with van der Waals surface area (Å²) < 4.78 is 158. The molecule has 0 aliphatic carbocycles. The molecule has 13 aromatic rings. The van der Waals surface area contributed by atoms with Gasteiger partial charge >= 0.3 is 61.2 Å². The van der Waals surface area contributed by atoms with Crippen LogP contribution < -0.4 is 0 Å². The predicted octanol–water partition coefficient (Wildman–Crippen LogP) is 25.7. The molecule has 0 amide bonds. The summed E-state index contributed by atoms with van der Waals surface area (Å²) in [6, 6.07) is 57.6. The molecule has 10 aromatic carbocycles. The lowest BCUT2D eigenvalue weighted by Crippen LogP contribution is -2.21. The number of alkyl halides is 12. The topological polar surface area (TPSA) is 341 Å². The van der Waals surface area contributed by atoms with Crippen molar-refractivity contribution < 1.29 is 125 Å². The number of esters is 1. The fourth-order valence-electron chi connectivity index (χ4n) is 13.6. The number of para-hydroxylation sites is 2. The number of aromatic nitrogens is 6. The van der Waals surface area contributed by atoms with Gasteiger partial charge in [0.2, 0.25) is 0 Å². The molecule has 0 fully saturated rings. The van der Waals surface area contributed by atoms with Crippen LogP contribution in [0.4, 0.5) is 58.4 Å². The van der Waals surface area contributed by atoms with Crippen molar-refractivity contribution in [2.24, 2.45) is 4.99 Å². The molecule has 35 heteroatoms. The van der Waals surface area contributed by atoms with E-state index >= 15 is 0 Å². The summed E-state index contributed by atoms with van der Waals surface area (Å²) in [7, 11) is 0. The van der Waals surface area contributed by atoms with Crippen molar-refractivity contribution in [1.82, 2.24) is 29.9 Å². The van der Waals surface area contributed by atoms with Crippen LogP contribution in [0.1, 0.15) is 204 Å². The van der Waals surface area contributed by atoms with Crippen molar-refractivity contribution in [3.8, 4) is 33.8 Å². The molecule has 141 heavy (non-hydrogen) atoms. The molecular weight excluding hydrogens is 1870 g/mol. The second-order valence-corrected chi connectivity index (χ2v) is 31.7. The largest absolute Gasteiger partial charge is 0.475 e. The number of fused-ring (bicyclic) bond motifs is 4. The normalized spacial score (nSPS) is 11.1. The summed E-state index contributed by atoms with van der Waals surface area (Å²) in [4.78, 5) is 153. The molecule has 14 rings (SSSR count). The van der Waals surface area contributed by atoms with Crippen LogP contribution in [-0.2, 0) is 101 Å². The first-order valence-electron chi connectivity index (χ1n) is 44.0. The molecule has 1 aliphatic heterocycles. The van der Waals surface area contributed by atoms with Gasteiger partial charge in [-0.1, -0.05) is 253 Å². The van der Waals surface area contributed by atoms with Crippen molar-refractivity contribution in [1.29, 1.82) is 0 Å². The minimum atomic E-state index is -4.39. The number of carboxylic acid groups (broad SMARTS) is 1. The van der Waals surface area contributed by atoms with Gasteiger partial charge in [-0.3, -0.25) is 14.4 Å². The maximum atomic E-state index is 12.9. The number of aliphatic imine (C=N–C) groups is 1. The molecule has 0 unspecified atom stereocenters. The Balaban J connectivity index is 0.000000297. The average molecular weight is 1970 g/mol. The van der Waals surface area contributed by atoms with Gasteiger partial charge in [-0.15, -0.1) is 0 Å². The van der Waals surface area contributed by atoms with E-state index in [0.29, 0.717) is 61.6 Å². The van der Waals surface area contributed by atoms with E-state index in [0.717, 1.165) is 154 Å². The number of hydrogen-bond acceptors (Lipinski definition) is 21. The average Bonchev–Trinajstić information content (AvgIpc) is 0.798. The third-order valence-corrected chi connectivity index (χ3v) is 20.9. The monoisotopic (exact) mass is 1970 g/mol. The molecule has 1 aliphatic rings. The van der Waals surface area contributed by atoms with Crippen LogP contribution in [0.2, 0.25) is 5.15 Å². The van der Waals surface area contributed by atoms with Crippen LogP contribution in [0.25, 0.3) is 66.9 Å². The zero-order valence-electron chi connectivity index (χ0n) is 77.8. The van der Waals surface area contributed by atoms with Crippen LogP contribution in [0.3, 0.4) is 0 Å². The van der Waals surface area contributed by atoms with Crippen molar-refractivity contribution in [2.45, 2.75) is 189 Å². The van der Waals surface area contributed by atoms with E-state index in [-0.39, 0.29) is 59.8 Å². The van der Waals surface area contributed by atoms with Gasteiger partial charge < -0.3 is 9.84 Å². The summed E-state index contributed by atoms with van der Waals surface area (Å²) in [5.74, 6) is -3.85. The van der Waals surface area contributed by atoms with Crippen molar-refractivity contribution in [2.75, 3.05) is 6.61 Å². The Kier molecular flexibility index (Phi) is 48.3. The first-order valence-corrected chi connectivity index (χ1v) is 44.3. The fraction of sp³-hybridized carbons (Fsp3) is 0.283. The van der Waals surface area contributed by atoms with E-state index in [1.807, 2.05) is 113 Å². The zero-order chi connectivity index (χ0) is 105. The first kappa shape index (κ1) is 116. The Morgan fingerprint density at radius 3 is 1.03 bits per heavy atom. The van der Waals surface area contributed by atoms with Gasteiger partial charge in [-0.25, -0.2) is 44.5 Å². The highest BCUT2D eigenvalue weighted by Crippen LogP contribution is 2.38. The molecule has 3 aromatic heterocycles. The number of halogens is 13. The summed E-state index contributed by atoms with van der Waals surface area (Å²) >= 11 is 6.12. The number of carboxylic acids is 1. The maximum Gasteiger partial charge on any atom is 0.416 e. The first-order chi connectivity index (χ1) is 67.0. The molecule has 0 atom stereocenters. The summed E-state index contributed by atoms with van der Waals surface area (Å²) in [5.41, 5.74) is 15.0. The number of aryl methyl sites for hydroxylation is 7. The molecule has 4 heterocycles. The number of carbonyl (C=O) groups excluding carboxylic acids is 12. The Labute approximate surface area is 808 Å². The minimum absolute atomic E-state index is 0.165. The number of ether oxygens (including phenoxy) is 1. The van der Waals surface area contributed by atoms with Crippen LogP contribution in [0, 0.1) is 34.6 Å². The van der Waals surface area contributed by atoms with E-state index in [2.05, 4.69) is 33.5 Å². The number of rotatable bonds is 25. The van der Waals surface area contributed by atoms with Crippen molar-refractivity contribution in [3.63, 3.8) is 0 Å². The molecule has 0 saturated heterocycles. The van der Waals surface area contributed by atoms with E-state index in [4.69, 9.17) is 75.0 Å².